The second-order valence-electron chi connectivity index (χ2n) is 6.23. The topological polar surface area (TPSA) is 29.9 Å². The molecule has 1 atom stereocenters. The van der Waals surface area contributed by atoms with Crippen LogP contribution in [0, 0.1) is 24.7 Å². The molecule has 19 heavy (non-hydrogen) atoms. The third-order valence-electron chi connectivity index (χ3n) is 3.62. The van der Waals surface area contributed by atoms with Gasteiger partial charge in [0.15, 0.2) is 0 Å². The van der Waals surface area contributed by atoms with Gasteiger partial charge in [-0.2, -0.15) is 5.10 Å². The van der Waals surface area contributed by atoms with Crippen molar-refractivity contribution >= 4 is 11.6 Å². The van der Waals surface area contributed by atoms with Gasteiger partial charge in [-0.3, -0.25) is 4.68 Å². The summed E-state index contributed by atoms with van der Waals surface area (Å²) in [5.74, 6) is 1.91. The highest BCUT2D eigenvalue weighted by Crippen LogP contribution is 2.24. The molecule has 0 aliphatic rings. The number of hydrogen-bond acceptors (Lipinski definition) is 2. The van der Waals surface area contributed by atoms with Gasteiger partial charge < -0.3 is 5.32 Å². The molecule has 0 aromatic carbocycles. The first-order chi connectivity index (χ1) is 8.82. The Labute approximate surface area is 122 Å². The molecule has 0 saturated carbocycles. The van der Waals surface area contributed by atoms with Crippen molar-refractivity contribution in [3.63, 3.8) is 0 Å². The molecule has 0 bridgehead atoms. The van der Waals surface area contributed by atoms with E-state index in [0.29, 0.717) is 17.8 Å². The number of nitrogens with zero attached hydrogens (tertiary/aromatic N) is 2. The van der Waals surface area contributed by atoms with Crippen LogP contribution in [0.15, 0.2) is 0 Å². The Kier molecular flexibility index (Phi) is 6.34. The minimum absolute atomic E-state index is 0.589. The molecule has 1 heterocycles. The second kappa shape index (κ2) is 7.30. The zero-order valence-electron chi connectivity index (χ0n) is 13.1. The molecule has 0 aliphatic carbocycles. The van der Waals surface area contributed by atoms with Gasteiger partial charge in [0, 0.05) is 7.05 Å². The van der Waals surface area contributed by atoms with Gasteiger partial charge in [-0.15, -0.1) is 0 Å². The van der Waals surface area contributed by atoms with E-state index < -0.39 is 0 Å². The maximum Gasteiger partial charge on any atom is 0.0847 e. The van der Waals surface area contributed by atoms with Crippen LogP contribution in [0.1, 0.15) is 39.1 Å². The third-order valence-corrected chi connectivity index (χ3v) is 4.11. The number of aryl methyl sites for hydroxylation is 2. The van der Waals surface area contributed by atoms with E-state index in [-0.39, 0.29) is 0 Å². The van der Waals surface area contributed by atoms with Crippen LogP contribution in [-0.4, -0.2) is 22.9 Å². The molecule has 1 N–H and O–H groups in total. The minimum atomic E-state index is 0.589. The maximum absolute atomic E-state index is 6.34. The molecule has 1 aromatic rings. The second-order valence-corrected chi connectivity index (χ2v) is 6.61. The van der Waals surface area contributed by atoms with E-state index in [1.165, 1.54) is 0 Å². The maximum atomic E-state index is 6.34. The highest BCUT2D eigenvalue weighted by atomic mass is 35.5. The van der Waals surface area contributed by atoms with E-state index in [2.05, 4.69) is 38.1 Å². The smallest absolute Gasteiger partial charge is 0.0847 e. The van der Waals surface area contributed by atoms with Gasteiger partial charge in [-0.25, -0.2) is 0 Å². The standard InChI is InChI=1S/C15H28ClN3/c1-10(2)8-17-9-13(11(3)4)7-14-15(16)12(5)18-19(14)6/h10-11,13,17H,7-9H2,1-6H3. The summed E-state index contributed by atoms with van der Waals surface area (Å²) in [6.45, 7) is 13.1. The zero-order chi connectivity index (χ0) is 14.6. The molecule has 3 nitrogen and oxygen atoms in total. The predicted octanol–water partition coefficient (Wildman–Crippen LogP) is 3.44. The highest BCUT2D eigenvalue weighted by molar-refractivity contribution is 6.31. The van der Waals surface area contributed by atoms with Crippen LogP contribution in [0.5, 0.6) is 0 Å². The van der Waals surface area contributed by atoms with Crippen LogP contribution in [0.3, 0.4) is 0 Å². The Bertz CT molecular complexity index is 396. The lowest BCUT2D eigenvalue weighted by molar-refractivity contribution is 0.346. The molecular weight excluding hydrogens is 258 g/mol. The normalized spacial score (nSPS) is 13.5. The van der Waals surface area contributed by atoms with Crippen molar-refractivity contribution in [1.29, 1.82) is 0 Å². The molecular formula is C15H28ClN3. The summed E-state index contributed by atoms with van der Waals surface area (Å²) in [5.41, 5.74) is 2.08. The SMILES string of the molecule is Cc1nn(C)c(CC(CNCC(C)C)C(C)C)c1Cl. The Morgan fingerprint density at radius 2 is 1.84 bits per heavy atom. The van der Waals surface area contributed by atoms with E-state index in [4.69, 9.17) is 11.6 Å². The van der Waals surface area contributed by atoms with E-state index >= 15 is 0 Å². The summed E-state index contributed by atoms with van der Waals surface area (Å²) in [6, 6.07) is 0. The van der Waals surface area contributed by atoms with E-state index in [0.717, 1.165) is 35.9 Å². The van der Waals surface area contributed by atoms with Crippen molar-refractivity contribution in [3.8, 4) is 0 Å². The molecule has 0 radical (unpaired) electrons. The van der Waals surface area contributed by atoms with Crippen LogP contribution in [0.4, 0.5) is 0 Å². The van der Waals surface area contributed by atoms with Gasteiger partial charge in [0.25, 0.3) is 0 Å². The Morgan fingerprint density at radius 1 is 1.21 bits per heavy atom. The monoisotopic (exact) mass is 285 g/mol. The predicted molar refractivity (Wildman–Crippen MR) is 82.7 cm³/mol. The minimum Gasteiger partial charge on any atom is -0.316 e. The summed E-state index contributed by atoms with van der Waals surface area (Å²) < 4.78 is 1.93. The van der Waals surface area contributed by atoms with E-state index in [9.17, 15) is 0 Å². The quantitative estimate of drug-likeness (QED) is 0.832. The molecule has 0 spiro atoms. The fraction of sp³-hybridized carbons (Fsp3) is 0.800. The lowest BCUT2D eigenvalue weighted by Crippen LogP contribution is -2.30. The third kappa shape index (κ3) is 4.81. The number of aromatic nitrogens is 2. The number of hydrogen-bond donors (Lipinski definition) is 1. The molecule has 0 saturated heterocycles. The Morgan fingerprint density at radius 3 is 2.26 bits per heavy atom. The first-order valence-corrected chi connectivity index (χ1v) is 7.59. The van der Waals surface area contributed by atoms with Crippen molar-refractivity contribution in [2.45, 2.75) is 41.0 Å². The van der Waals surface area contributed by atoms with Gasteiger partial charge in [-0.1, -0.05) is 39.3 Å². The molecule has 1 aromatic heterocycles. The first-order valence-electron chi connectivity index (χ1n) is 7.21. The number of rotatable bonds is 7. The van der Waals surface area contributed by atoms with Crippen molar-refractivity contribution in [1.82, 2.24) is 15.1 Å². The number of halogens is 1. The first kappa shape index (κ1) is 16.5. The molecule has 0 fully saturated rings. The molecule has 1 rings (SSSR count). The molecule has 4 heteroatoms. The fourth-order valence-corrected chi connectivity index (χ4v) is 2.49. The fourth-order valence-electron chi connectivity index (χ4n) is 2.25. The summed E-state index contributed by atoms with van der Waals surface area (Å²) in [7, 11) is 1.98. The van der Waals surface area contributed by atoms with Gasteiger partial charge >= 0.3 is 0 Å². The highest BCUT2D eigenvalue weighted by Gasteiger charge is 2.19. The van der Waals surface area contributed by atoms with Crippen molar-refractivity contribution < 1.29 is 0 Å². The molecule has 110 valence electrons. The summed E-state index contributed by atoms with van der Waals surface area (Å²) in [5, 5.41) is 8.79. The van der Waals surface area contributed by atoms with Crippen LogP contribution in [0.2, 0.25) is 5.02 Å². The molecule has 0 aliphatic heterocycles. The summed E-state index contributed by atoms with van der Waals surface area (Å²) >= 11 is 6.34. The van der Waals surface area contributed by atoms with Crippen LogP contribution in [0.25, 0.3) is 0 Å². The lowest BCUT2D eigenvalue weighted by atomic mass is 9.90. The van der Waals surface area contributed by atoms with E-state index in [1.807, 2.05) is 18.7 Å². The van der Waals surface area contributed by atoms with Gasteiger partial charge in [0.2, 0.25) is 0 Å². The Balaban J connectivity index is 2.67. The average Bonchev–Trinajstić information content (AvgIpc) is 2.53. The Hall–Kier alpha value is -0.540. The van der Waals surface area contributed by atoms with Crippen molar-refractivity contribution in [2.75, 3.05) is 13.1 Å². The van der Waals surface area contributed by atoms with Crippen LogP contribution in [-0.2, 0) is 13.5 Å². The summed E-state index contributed by atoms with van der Waals surface area (Å²) in [6.07, 6.45) is 0.985. The van der Waals surface area contributed by atoms with Crippen molar-refractivity contribution in [3.05, 3.63) is 16.4 Å². The van der Waals surface area contributed by atoms with E-state index in [1.54, 1.807) is 0 Å². The van der Waals surface area contributed by atoms with Gasteiger partial charge in [0.1, 0.15) is 0 Å². The largest absolute Gasteiger partial charge is 0.316 e. The van der Waals surface area contributed by atoms with Crippen LogP contribution >= 0.6 is 11.6 Å². The zero-order valence-corrected chi connectivity index (χ0v) is 13.9. The molecule has 1 unspecified atom stereocenters. The van der Waals surface area contributed by atoms with Crippen LogP contribution < -0.4 is 5.32 Å². The average molecular weight is 286 g/mol. The molecule has 0 amide bonds. The summed E-state index contributed by atoms with van der Waals surface area (Å²) in [4.78, 5) is 0. The lowest BCUT2D eigenvalue weighted by Gasteiger charge is -2.22. The number of nitrogens with one attached hydrogen (secondary N) is 1. The van der Waals surface area contributed by atoms with Crippen molar-refractivity contribution in [2.24, 2.45) is 24.8 Å². The van der Waals surface area contributed by atoms with Gasteiger partial charge in [-0.05, 0) is 44.2 Å². The van der Waals surface area contributed by atoms with Gasteiger partial charge in [0.05, 0.1) is 16.4 Å².